The number of nitrogens with one attached hydrogen (secondary N) is 1. The van der Waals surface area contributed by atoms with Gasteiger partial charge in [0.15, 0.2) is 0 Å². The molecule has 0 saturated carbocycles. The SMILES string of the molecule is O=C(CSc1nnc(-c2cccc(Br)c2)o1)Nc1c(Cl)cc(Cl)cc1Cl. The molecule has 3 aromatic rings. The van der Waals surface area contributed by atoms with Crippen LogP contribution >= 0.6 is 62.5 Å². The summed E-state index contributed by atoms with van der Waals surface area (Å²) in [6.07, 6.45) is 0. The number of halogens is 4. The molecule has 5 nitrogen and oxygen atoms in total. The smallest absolute Gasteiger partial charge is 0.277 e. The number of aromatic nitrogens is 2. The number of rotatable bonds is 5. The summed E-state index contributed by atoms with van der Waals surface area (Å²) in [5.74, 6) is 0.108. The number of hydrogen-bond donors (Lipinski definition) is 1. The van der Waals surface area contributed by atoms with Crippen LogP contribution in [0, 0.1) is 0 Å². The third-order valence-corrected chi connectivity index (χ3v) is 5.20. The molecule has 0 aliphatic heterocycles. The van der Waals surface area contributed by atoms with Crippen molar-refractivity contribution in [3.05, 3.63) is 55.9 Å². The molecular formula is C16H9BrCl3N3O2S. The summed E-state index contributed by atoms with van der Waals surface area (Å²) in [6.45, 7) is 0. The van der Waals surface area contributed by atoms with E-state index in [2.05, 4.69) is 31.4 Å². The fourth-order valence-corrected chi connectivity index (χ4v) is 3.84. The highest BCUT2D eigenvalue weighted by molar-refractivity contribution is 9.10. The molecule has 0 radical (unpaired) electrons. The van der Waals surface area contributed by atoms with Crippen LogP contribution < -0.4 is 5.32 Å². The van der Waals surface area contributed by atoms with Crippen LogP contribution in [0.1, 0.15) is 0 Å². The number of nitrogens with zero attached hydrogens (tertiary/aromatic N) is 2. The van der Waals surface area contributed by atoms with Crippen molar-refractivity contribution in [2.75, 3.05) is 11.1 Å². The van der Waals surface area contributed by atoms with Crippen molar-refractivity contribution in [3.63, 3.8) is 0 Å². The van der Waals surface area contributed by atoms with E-state index >= 15 is 0 Å². The van der Waals surface area contributed by atoms with Crippen molar-refractivity contribution in [3.8, 4) is 11.5 Å². The van der Waals surface area contributed by atoms with E-state index in [0.29, 0.717) is 16.6 Å². The van der Waals surface area contributed by atoms with Crippen LogP contribution in [-0.2, 0) is 4.79 Å². The van der Waals surface area contributed by atoms with E-state index in [1.54, 1.807) is 0 Å². The van der Waals surface area contributed by atoms with Crippen molar-refractivity contribution in [1.29, 1.82) is 0 Å². The summed E-state index contributed by atoms with van der Waals surface area (Å²) in [5.41, 5.74) is 1.09. The van der Waals surface area contributed by atoms with Gasteiger partial charge in [0, 0.05) is 15.1 Å². The molecule has 0 aliphatic rings. The second-order valence-electron chi connectivity index (χ2n) is 4.96. The lowest BCUT2D eigenvalue weighted by molar-refractivity contribution is -0.113. The predicted octanol–water partition coefficient (Wildman–Crippen LogP) is 6.19. The van der Waals surface area contributed by atoms with Crippen LogP contribution in [0.25, 0.3) is 11.5 Å². The predicted molar refractivity (Wildman–Crippen MR) is 108 cm³/mol. The molecule has 0 fully saturated rings. The Morgan fingerprint density at radius 1 is 1.15 bits per heavy atom. The van der Waals surface area contributed by atoms with E-state index in [4.69, 9.17) is 39.2 Å². The lowest BCUT2D eigenvalue weighted by atomic mass is 10.2. The van der Waals surface area contributed by atoms with Crippen LogP contribution in [-0.4, -0.2) is 21.9 Å². The molecule has 0 atom stereocenters. The fraction of sp³-hybridized carbons (Fsp3) is 0.0625. The van der Waals surface area contributed by atoms with E-state index in [9.17, 15) is 4.79 Å². The van der Waals surface area contributed by atoms with Crippen LogP contribution in [0.4, 0.5) is 5.69 Å². The average molecular weight is 494 g/mol. The number of amides is 1. The van der Waals surface area contributed by atoms with Crippen molar-refractivity contribution < 1.29 is 9.21 Å². The molecule has 0 spiro atoms. The Morgan fingerprint density at radius 2 is 1.88 bits per heavy atom. The molecule has 10 heteroatoms. The summed E-state index contributed by atoms with van der Waals surface area (Å²) < 4.78 is 6.46. The van der Waals surface area contributed by atoms with Gasteiger partial charge in [0.25, 0.3) is 5.22 Å². The molecule has 0 saturated heterocycles. The van der Waals surface area contributed by atoms with Gasteiger partial charge in [0.1, 0.15) is 0 Å². The van der Waals surface area contributed by atoms with Gasteiger partial charge in [-0.3, -0.25) is 4.79 Å². The minimum absolute atomic E-state index is 0.0510. The normalized spacial score (nSPS) is 10.8. The summed E-state index contributed by atoms with van der Waals surface area (Å²) in [6, 6.07) is 10.5. The van der Waals surface area contributed by atoms with Gasteiger partial charge in [-0.15, -0.1) is 10.2 Å². The maximum absolute atomic E-state index is 12.1. The first-order chi connectivity index (χ1) is 12.4. The molecule has 1 aromatic heterocycles. The zero-order valence-corrected chi connectivity index (χ0v) is 17.5. The topological polar surface area (TPSA) is 68.0 Å². The molecule has 0 unspecified atom stereocenters. The number of benzene rings is 2. The first-order valence-corrected chi connectivity index (χ1v) is 10.0. The zero-order chi connectivity index (χ0) is 18.7. The first kappa shape index (κ1) is 19.5. The summed E-state index contributed by atoms with van der Waals surface area (Å²) >= 11 is 22.4. The molecule has 1 N–H and O–H groups in total. The van der Waals surface area contributed by atoms with Crippen LogP contribution in [0.3, 0.4) is 0 Å². The number of carbonyl (C=O) groups is 1. The van der Waals surface area contributed by atoms with Gasteiger partial charge in [0.2, 0.25) is 11.8 Å². The van der Waals surface area contributed by atoms with E-state index in [1.807, 2.05) is 24.3 Å². The molecule has 134 valence electrons. The molecule has 0 aliphatic carbocycles. The summed E-state index contributed by atoms with van der Waals surface area (Å²) in [5, 5.41) is 11.7. The maximum atomic E-state index is 12.1. The van der Waals surface area contributed by atoms with E-state index in [-0.39, 0.29) is 26.9 Å². The third-order valence-electron chi connectivity index (χ3n) is 3.08. The van der Waals surface area contributed by atoms with Gasteiger partial charge in [-0.2, -0.15) is 0 Å². The van der Waals surface area contributed by atoms with E-state index < -0.39 is 0 Å². The highest BCUT2D eigenvalue weighted by atomic mass is 79.9. The zero-order valence-electron chi connectivity index (χ0n) is 12.8. The molecular weight excluding hydrogens is 485 g/mol. The number of thioether (sulfide) groups is 1. The monoisotopic (exact) mass is 491 g/mol. The Hall–Kier alpha value is -1.25. The average Bonchev–Trinajstić information content (AvgIpc) is 3.05. The largest absolute Gasteiger partial charge is 0.411 e. The van der Waals surface area contributed by atoms with Gasteiger partial charge in [0.05, 0.1) is 21.5 Å². The quantitative estimate of drug-likeness (QED) is 0.429. The second-order valence-corrected chi connectivity index (χ2v) is 8.06. The Kier molecular flexibility index (Phi) is 6.47. The Morgan fingerprint density at radius 3 is 2.58 bits per heavy atom. The van der Waals surface area contributed by atoms with Gasteiger partial charge in [-0.05, 0) is 30.3 Å². The Bertz CT molecular complexity index is 944. The molecule has 0 bridgehead atoms. The number of anilines is 1. The Balaban J connectivity index is 1.62. The van der Waals surface area contributed by atoms with E-state index in [1.165, 1.54) is 12.1 Å². The first-order valence-electron chi connectivity index (χ1n) is 7.09. The van der Waals surface area contributed by atoms with Crippen molar-refractivity contribution >= 4 is 74.1 Å². The lowest BCUT2D eigenvalue weighted by Gasteiger charge is -2.09. The van der Waals surface area contributed by atoms with Gasteiger partial charge in [-0.1, -0.05) is 68.6 Å². The highest BCUT2D eigenvalue weighted by Crippen LogP contribution is 2.34. The number of hydrogen-bond acceptors (Lipinski definition) is 5. The molecule has 1 amide bonds. The minimum atomic E-state index is -0.316. The fourth-order valence-electron chi connectivity index (χ4n) is 1.97. The van der Waals surface area contributed by atoms with Crippen LogP contribution in [0.5, 0.6) is 0 Å². The summed E-state index contributed by atoms with van der Waals surface area (Å²) in [7, 11) is 0. The van der Waals surface area contributed by atoms with Gasteiger partial charge < -0.3 is 9.73 Å². The third kappa shape index (κ3) is 4.92. The van der Waals surface area contributed by atoms with Gasteiger partial charge >= 0.3 is 0 Å². The standard InChI is InChI=1S/C16H9BrCl3N3O2S/c17-9-3-1-2-8(4-9)15-22-23-16(25-15)26-7-13(24)21-14-11(19)5-10(18)6-12(14)20/h1-6H,7H2,(H,21,24). The summed E-state index contributed by atoms with van der Waals surface area (Å²) in [4.78, 5) is 12.1. The molecule has 1 heterocycles. The van der Waals surface area contributed by atoms with Crippen LogP contribution in [0.15, 0.2) is 50.5 Å². The molecule has 2 aromatic carbocycles. The highest BCUT2D eigenvalue weighted by Gasteiger charge is 2.14. The van der Waals surface area contributed by atoms with Crippen molar-refractivity contribution in [1.82, 2.24) is 10.2 Å². The van der Waals surface area contributed by atoms with Crippen molar-refractivity contribution in [2.45, 2.75) is 5.22 Å². The molecule has 26 heavy (non-hydrogen) atoms. The van der Waals surface area contributed by atoms with Crippen LogP contribution in [0.2, 0.25) is 15.1 Å². The van der Waals surface area contributed by atoms with Gasteiger partial charge in [-0.25, -0.2) is 0 Å². The maximum Gasteiger partial charge on any atom is 0.277 e. The second kappa shape index (κ2) is 8.63. The Labute approximate surface area is 176 Å². The lowest BCUT2D eigenvalue weighted by Crippen LogP contribution is -2.14. The molecule has 3 rings (SSSR count). The number of carbonyl (C=O) groups excluding carboxylic acids is 1. The van der Waals surface area contributed by atoms with E-state index in [0.717, 1.165) is 21.8 Å². The van der Waals surface area contributed by atoms with Crippen molar-refractivity contribution in [2.24, 2.45) is 0 Å². The minimum Gasteiger partial charge on any atom is -0.411 e.